The molecular formula is C30H51N3O43S6. The van der Waals surface area contributed by atoms with Crippen LogP contribution in [0.4, 0.5) is 0 Å². The molecule has 5 fully saturated rings. The SMILES string of the molecule is N[C@@H]1[C@@H](OS(=O)(=O)O)[C@H](O[C@@H]2O[C@@H](C(=O)O)[C@@H](O[C@H]3O[C@H](CO)[C@@H](O[C@@H]4O[C@H](C(=O)O)[C@@H](O[C@H]5O[C@H](COS(=O)(=O)O)[C@@H](O)[C@H](OS(=O)(=O)O)[C@H]5NS(=O)(=O)O)[C@H](O)[C@@H]4O)[C@H](OS(=O)(=O)O)[C@H]3N)[C@H](O)[C@H]2OS(=O)(=O)O)[C@@H](CO)O[C@@H]1O. The number of aliphatic hydroxyl groups excluding tert-OH is 7. The molecule has 52 heteroatoms. The number of aliphatic hydroxyl groups is 7. The Morgan fingerprint density at radius 1 is 0.427 bits per heavy atom. The lowest BCUT2D eigenvalue weighted by Crippen LogP contribution is -2.70. The predicted molar refractivity (Wildman–Crippen MR) is 236 cm³/mol. The predicted octanol–water partition coefficient (Wildman–Crippen LogP) is -13.3. The van der Waals surface area contributed by atoms with E-state index in [1.54, 1.807) is 0 Å². The number of nitrogens with two attached hydrogens (primary N) is 2. The van der Waals surface area contributed by atoms with E-state index in [9.17, 15) is 129 Å². The molecule has 0 aromatic heterocycles. The third-order valence-corrected chi connectivity index (χ3v) is 14.6. The highest BCUT2D eigenvalue weighted by atomic mass is 32.3. The topological polar surface area (TPSA) is 736 Å². The van der Waals surface area contributed by atoms with E-state index in [1.165, 1.54) is 4.72 Å². The fourth-order valence-electron chi connectivity index (χ4n) is 8.46. The Bertz CT molecular complexity index is 2920. The van der Waals surface area contributed by atoms with Crippen LogP contribution in [-0.4, -0.2) is 309 Å². The number of hydrogen-bond donors (Lipinski definition) is 18. The van der Waals surface area contributed by atoms with Crippen LogP contribution in [0.1, 0.15) is 0 Å². The fraction of sp³-hybridized carbons (Fsp3) is 0.933. The molecule has 0 bridgehead atoms. The van der Waals surface area contributed by atoms with Crippen LogP contribution in [0.15, 0.2) is 0 Å². The van der Waals surface area contributed by atoms with Gasteiger partial charge in [0.15, 0.2) is 49.8 Å². The number of aliphatic carboxylic acids is 2. The molecule has 5 aliphatic heterocycles. The van der Waals surface area contributed by atoms with E-state index in [2.05, 4.69) is 20.9 Å². The van der Waals surface area contributed by atoms with Gasteiger partial charge in [0, 0.05) is 0 Å². The molecule has 20 N–H and O–H groups in total. The monoisotopic (exact) mass is 1330 g/mol. The van der Waals surface area contributed by atoms with Crippen LogP contribution in [0.2, 0.25) is 0 Å². The van der Waals surface area contributed by atoms with E-state index in [4.69, 9.17) is 58.7 Å². The maximum absolute atomic E-state index is 12.7. The number of carboxylic acids is 2. The second-order valence-corrected chi connectivity index (χ2v) is 23.8. The zero-order valence-electron chi connectivity index (χ0n) is 39.8. The first kappa shape index (κ1) is 70.2. The van der Waals surface area contributed by atoms with Gasteiger partial charge in [0.2, 0.25) is 0 Å². The average Bonchev–Trinajstić information content (AvgIpc) is 3.43. The lowest BCUT2D eigenvalue weighted by atomic mass is 9.94. The summed E-state index contributed by atoms with van der Waals surface area (Å²) in [5.74, 6) is -4.55. The molecule has 0 unspecified atom stereocenters. The van der Waals surface area contributed by atoms with Crippen molar-refractivity contribution in [2.45, 2.75) is 153 Å². The van der Waals surface area contributed by atoms with Gasteiger partial charge in [-0.1, -0.05) is 0 Å². The first-order chi connectivity index (χ1) is 37.3. The summed E-state index contributed by atoms with van der Waals surface area (Å²) in [4.78, 5) is 25.4. The molecular weight excluding hydrogens is 1280 g/mol. The summed E-state index contributed by atoms with van der Waals surface area (Å²) in [6.07, 6.45) is -58.3. The van der Waals surface area contributed by atoms with Crippen molar-refractivity contribution in [1.29, 1.82) is 0 Å². The molecule has 480 valence electrons. The van der Waals surface area contributed by atoms with E-state index >= 15 is 0 Å². The number of carbonyl (C=O) groups is 2. The number of carboxylic acid groups (broad SMARTS) is 2. The minimum absolute atomic E-state index is 1.21. The molecule has 0 aromatic rings. The molecule has 0 aliphatic carbocycles. The van der Waals surface area contributed by atoms with E-state index in [0.29, 0.717) is 0 Å². The second kappa shape index (κ2) is 26.8. The Morgan fingerprint density at radius 3 is 1.29 bits per heavy atom. The summed E-state index contributed by atoms with van der Waals surface area (Å²) in [6, 6.07) is -7.34. The van der Waals surface area contributed by atoms with E-state index < -0.39 is 247 Å². The fourth-order valence-corrected chi connectivity index (χ4v) is 11.4. The van der Waals surface area contributed by atoms with Gasteiger partial charge in [-0.15, -0.1) is 0 Å². The van der Waals surface area contributed by atoms with Crippen LogP contribution in [0.5, 0.6) is 0 Å². The molecule has 0 saturated carbocycles. The zero-order valence-corrected chi connectivity index (χ0v) is 44.7. The normalized spacial score (nSPS) is 41.2. The number of ether oxygens (including phenoxy) is 9. The summed E-state index contributed by atoms with van der Waals surface area (Å²) >= 11 is 0. The van der Waals surface area contributed by atoms with Crippen LogP contribution in [0, 0.1) is 0 Å². The molecule has 5 rings (SSSR count). The van der Waals surface area contributed by atoms with E-state index in [-0.39, 0.29) is 0 Å². The Hall–Kier alpha value is -2.56. The van der Waals surface area contributed by atoms with Crippen LogP contribution in [0.3, 0.4) is 0 Å². The minimum atomic E-state index is -5.92. The molecule has 5 aliphatic rings. The van der Waals surface area contributed by atoms with Crippen molar-refractivity contribution < 1.29 is 197 Å². The minimum Gasteiger partial charge on any atom is -0.479 e. The first-order valence-corrected chi connectivity index (χ1v) is 30.1. The van der Waals surface area contributed by atoms with Gasteiger partial charge in [0.05, 0.1) is 31.9 Å². The van der Waals surface area contributed by atoms with Gasteiger partial charge >= 0.3 is 74.2 Å². The molecule has 0 aromatic carbocycles. The Kier molecular flexibility index (Phi) is 23.0. The van der Waals surface area contributed by atoms with Gasteiger partial charge in [0.25, 0.3) is 0 Å². The maximum Gasteiger partial charge on any atom is 0.397 e. The Labute approximate surface area is 459 Å². The lowest BCUT2D eigenvalue weighted by Gasteiger charge is -2.50. The maximum atomic E-state index is 12.7. The summed E-state index contributed by atoms with van der Waals surface area (Å²) in [6.45, 7) is -4.43. The number of hydrogen-bond acceptors (Lipinski definition) is 37. The van der Waals surface area contributed by atoms with Crippen molar-refractivity contribution >= 4 is 74.2 Å². The highest BCUT2D eigenvalue weighted by molar-refractivity contribution is 7.84. The van der Waals surface area contributed by atoms with Gasteiger partial charge in [0.1, 0.15) is 91.5 Å². The van der Waals surface area contributed by atoms with Crippen LogP contribution < -0.4 is 16.2 Å². The third-order valence-electron chi connectivity index (χ3n) is 11.8. The van der Waals surface area contributed by atoms with Crippen molar-refractivity contribution in [2.75, 3.05) is 19.8 Å². The largest absolute Gasteiger partial charge is 0.479 e. The van der Waals surface area contributed by atoms with Crippen molar-refractivity contribution in [3.05, 3.63) is 0 Å². The smallest absolute Gasteiger partial charge is 0.397 e. The van der Waals surface area contributed by atoms with Gasteiger partial charge in [-0.05, 0) is 0 Å². The summed E-state index contributed by atoms with van der Waals surface area (Å²) in [5, 5.41) is 95.9. The average molecular weight is 1330 g/mol. The van der Waals surface area contributed by atoms with Gasteiger partial charge < -0.3 is 100 Å². The highest BCUT2D eigenvalue weighted by Crippen LogP contribution is 2.38. The van der Waals surface area contributed by atoms with Gasteiger partial charge in [-0.25, -0.2) is 30.5 Å². The Balaban J connectivity index is 1.47. The Morgan fingerprint density at radius 2 is 0.829 bits per heavy atom. The number of nitrogens with one attached hydrogen (secondary N) is 1. The second-order valence-electron chi connectivity index (χ2n) is 17.3. The van der Waals surface area contributed by atoms with Crippen LogP contribution in [0.25, 0.3) is 0 Å². The quantitative estimate of drug-likeness (QED) is 0.0377. The molecule has 0 spiro atoms. The van der Waals surface area contributed by atoms with Crippen molar-refractivity contribution in [3.8, 4) is 0 Å². The molecule has 0 radical (unpaired) electrons. The van der Waals surface area contributed by atoms with Crippen molar-refractivity contribution in [2.24, 2.45) is 11.5 Å². The highest BCUT2D eigenvalue weighted by Gasteiger charge is 2.60. The van der Waals surface area contributed by atoms with Crippen molar-refractivity contribution in [1.82, 2.24) is 4.72 Å². The standard InChI is InChI=1S/C30H51N3O43S6/c31-7-16(73-79(51,52)53)14(4(1-34)64-26(7)44)68-30-21(76-82(60,61)62)13(39)20(23(72-30)25(42)43)69-27-8(32)17(74-80(54,55)56)15(5(2-35)65-27)67-29-12(38)11(37)19(22(71-29)24(40)41)70-28-9(33-77(45,46)47)18(75-81(57,58)59)10(36)6(66-28)3-63-78(48,49)50/h4-23,26-30,33-39,44H,1-3,31-32H2,(H,40,41)(H,42,43)(H,45,46,47)(H,48,49,50)(H,51,52,53)(H,54,55,56)(H,57,58,59)(H,60,61,62)/t4-,5-,6-,7-,8-,9-,10-,11-,12+,13+,14-,15-,16-,17-,18-,19+,20+,21-,22+,23-,26+,27-,28-,29-,30-/m1/s1. The zero-order chi connectivity index (χ0) is 62.3. The molecule has 46 nitrogen and oxygen atoms in total. The molecule has 25 atom stereocenters. The number of rotatable bonds is 25. The first-order valence-electron chi connectivity index (χ1n) is 21.8. The molecule has 0 amide bonds. The van der Waals surface area contributed by atoms with Crippen molar-refractivity contribution in [3.63, 3.8) is 0 Å². The van der Waals surface area contributed by atoms with Gasteiger partial charge in [-0.3, -0.25) is 27.3 Å². The van der Waals surface area contributed by atoms with Gasteiger partial charge in [-0.2, -0.15) is 55.2 Å². The molecule has 5 heterocycles. The molecule has 82 heavy (non-hydrogen) atoms. The summed E-state index contributed by atoms with van der Waals surface area (Å²) in [7, 11) is -34.5. The van der Waals surface area contributed by atoms with Crippen LogP contribution in [-0.2, 0) is 135 Å². The van der Waals surface area contributed by atoms with E-state index in [0.717, 1.165) is 0 Å². The summed E-state index contributed by atoms with van der Waals surface area (Å²) in [5.41, 5.74) is 11.9. The van der Waals surface area contributed by atoms with E-state index in [1.807, 2.05) is 0 Å². The molecule has 5 saturated heterocycles. The lowest BCUT2D eigenvalue weighted by molar-refractivity contribution is -0.371. The summed E-state index contributed by atoms with van der Waals surface area (Å²) < 4.78 is 270. The van der Waals surface area contributed by atoms with Crippen LogP contribution >= 0.6 is 0 Å². The third kappa shape index (κ3) is 18.5.